The second-order valence-electron chi connectivity index (χ2n) is 6.04. The summed E-state index contributed by atoms with van der Waals surface area (Å²) in [7, 11) is 0. The quantitative estimate of drug-likeness (QED) is 0.930. The lowest BCUT2D eigenvalue weighted by atomic mass is 10.1. The van der Waals surface area contributed by atoms with Gasteiger partial charge in [0, 0.05) is 19.5 Å². The molecule has 0 unspecified atom stereocenters. The van der Waals surface area contributed by atoms with E-state index >= 15 is 0 Å². The van der Waals surface area contributed by atoms with Crippen molar-refractivity contribution in [3.8, 4) is 11.5 Å². The zero-order valence-electron chi connectivity index (χ0n) is 13.7. The summed E-state index contributed by atoms with van der Waals surface area (Å²) >= 11 is 0. The number of amides is 2. The van der Waals surface area contributed by atoms with Crippen LogP contribution in [-0.2, 0) is 11.3 Å². The molecule has 0 saturated carbocycles. The Morgan fingerprint density at radius 2 is 1.96 bits per heavy atom. The van der Waals surface area contributed by atoms with Crippen LogP contribution >= 0.6 is 0 Å². The van der Waals surface area contributed by atoms with Crippen LogP contribution in [0.5, 0.6) is 11.5 Å². The van der Waals surface area contributed by atoms with Crippen molar-refractivity contribution in [3.63, 3.8) is 0 Å². The lowest BCUT2D eigenvalue weighted by Crippen LogP contribution is -2.29. The maximum atomic E-state index is 12.6. The second kappa shape index (κ2) is 6.47. The van der Waals surface area contributed by atoms with Crippen LogP contribution in [0.25, 0.3) is 0 Å². The molecule has 2 aromatic carbocycles. The normalized spacial score (nSPS) is 15.5. The Balaban J connectivity index is 1.49. The average molecular weight is 338 g/mol. The highest BCUT2D eigenvalue weighted by Crippen LogP contribution is 2.32. The van der Waals surface area contributed by atoms with Gasteiger partial charge in [0.15, 0.2) is 11.5 Å². The number of nitrogens with zero attached hydrogens (tertiary/aromatic N) is 1. The molecule has 1 saturated heterocycles. The van der Waals surface area contributed by atoms with E-state index in [1.807, 2.05) is 30.3 Å². The molecule has 0 radical (unpaired) electrons. The standard InChI is InChI=1S/C19H18N2O4/c22-18-6-3-9-21(18)15-5-2-1-4-14(15)19(23)20-11-13-7-8-16-17(10-13)25-12-24-16/h1-2,4-5,7-8,10H,3,6,9,11-12H2,(H,20,23). The van der Waals surface area contributed by atoms with E-state index in [1.54, 1.807) is 17.0 Å². The van der Waals surface area contributed by atoms with Crippen LogP contribution in [0, 0.1) is 0 Å². The fourth-order valence-electron chi connectivity index (χ4n) is 3.13. The first-order valence-electron chi connectivity index (χ1n) is 8.28. The summed E-state index contributed by atoms with van der Waals surface area (Å²) in [4.78, 5) is 26.3. The maximum absolute atomic E-state index is 12.6. The van der Waals surface area contributed by atoms with Crippen molar-refractivity contribution in [1.82, 2.24) is 5.32 Å². The molecule has 0 aliphatic carbocycles. The van der Waals surface area contributed by atoms with Crippen LogP contribution in [0.4, 0.5) is 5.69 Å². The van der Waals surface area contributed by atoms with E-state index in [0.29, 0.717) is 42.3 Å². The number of ether oxygens (including phenoxy) is 2. The van der Waals surface area contributed by atoms with Gasteiger partial charge >= 0.3 is 0 Å². The molecule has 2 aliphatic rings. The molecule has 2 aromatic rings. The summed E-state index contributed by atoms with van der Waals surface area (Å²) in [6, 6.07) is 12.8. The van der Waals surface area contributed by atoms with Gasteiger partial charge in [-0.1, -0.05) is 18.2 Å². The largest absolute Gasteiger partial charge is 0.454 e. The molecule has 0 bridgehead atoms. The van der Waals surface area contributed by atoms with E-state index in [-0.39, 0.29) is 18.6 Å². The molecule has 2 heterocycles. The molecule has 2 amide bonds. The Morgan fingerprint density at radius 1 is 1.12 bits per heavy atom. The van der Waals surface area contributed by atoms with Crippen LogP contribution in [0.1, 0.15) is 28.8 Å². The van der Waals surface area contributed by atoms with Crippen molar-refractivity contribution in [2.75, 3.05) is 18.2 Å². The van der Waals surface area contributed by atoms with Gasteiger partial charge < -0.3 is 19.7 Å². The zero-order valence-corrected chi connectivity index (χ0v) is 13.7. The van der Waals surface area contributed by atoms with Gasteiger partial charge in [-0.2, -0.15) is 0 Å². The van der Waals surface area contributed by atoms with Gasteiger partial charge in [0.2, 0.25) is 12.7 Å². The summed E-state index contributed by atoms with van der Waals surface area (Å²) in [6.45, 7) is 1.26. The lowest BCUT2D eigenvalue weighted by Gasteiger charge is -2.19. The van der Waals surface area contributed by atoms with E-state index in [9.17, 15) is 9.59 Å². The van der Waals surface area contributed by atoms with E-state index in [0.717, 1.165) is 12.0 Å². The highest BCUT2D eigenvalue weighted by Gasteiger charge is 2.25. The molecule has 6 nitrogen and oxygen atoms in total. The van der Waals surface area contributed by atoms with Crippen molar-refractivity contribution >= 4 is 17.5 Å². The van der Waals surface area contributed by atoms with Crippen molar-refractivity contribution in [3.05, 3.63) is 53.6 Å². The third kappa shape index (κ3) is 3.03. The number of nitrogens with one attached hydrogen (secondary N) is 1. The Kier molecular flexibility index (Phi) is 4.01. The Bertz CT molecular complexity index is 834. The van der Waals surface area contributed by atoms with Crippen LogP contribution in [-0.4, -0.2) is 25.2 Å². The average Bonchev–Trinajstić information content (AvgIpc) is 3.27. The van der Waals surface area contributed by atoms with Gasteiger partial charge in [-0.05, 0) is 36.2 Å². The van der Waals surface area contributed by atoms with Crippen LogP contribution in [0.2, 0.25) is 0 Å². The highest BCUT2D eigenvalue weighted by atomic mass is 16.7. The first-order valence-corrected chi connectivity index (χ1v) is 8.28. The Hall–Kier alpha value is -3.02. The molecule has 6 heteroatoms. The molecule has 1 N–H and O–H groups in total. The molecule has 2 aliphatic heterocycles. The Morgan fingerprint density at radius 3 is 2.80 bits per heavy atom. The number of anilines is 1. The van der Waals surface area contributed by atoms with Gasteiger partial charge in [-0.25, -0.2) is 0 Å². The molecule has 25 heavy (non-hydrogen) atoms. The first kappa shape index (κ1) is 15.5. The fourth-order valence-corrected chi connectivity index (χ4v) is 3.13. The van der Waals surface area contributed by atoms with Gasteiger partial charge in [0.05, 0.1) is 11.3 Å². The molecular weight excluding hydrogens is 320 g/mol. The number of fused-ring (bicyclic) bond motifs is 1. The SMILES string of the molecule is O=C(NCc1ccc2c(c1)OCO2)c1ccccc1N1CCCC1=O. The van der Waals surface area contributed by atoms with Gasteiger partial charge in [0.1, 0.15) is 0 Å². The number of carbonyl (C=O) groups is 2. The van der Waals surface area contributed by atoms with E-state index in [2.05, 4.69) is 5.32 Å². The van der Waals surface area contributed by atoms with Crippen LogP contribution in [0.3, 0.4) is 0 Å². The van der Waals surface area contributed by atoms with E-state index < -0.39 is 0 Å². The number of hydrogen-bond acceptors (Lipinski definition) is 4. The molecule has 128 valence electrons. The smallest absolute Gasteiger partial charge is 0.253 e. The summed E-state index contributed by atoms with van der Waals surface area (Å²) in [6.07, 6.45) is 1.36. The summed E-state index contributed by atoms with van der Waals surface area (Å²) < 4.78 is 10.6. The van der Waals surface area contributed by atoms with E-state index in [1.165, 1.54) is 0 Å². The summed E-state index contributed by atoms with van der Waals surface area (Å²) in [5, 5.41) is 2.91. The number of carbonyl (C=O) groups excluding carboxylic acids is 2. The van der Waals surface area contributed by atoms with Crippen molar-refractivity contribution in [1.29, 1.82) is 0 Å². The molecular formula is C19H18N2O4. The molecule has 0 spiro atoms. The predicted molar refractivity (Wildman–Crippen MR) is 91.8 cm³/mol. The predicted octanol–water partition coefficient (Wildman–Crippen LogP) is 2.47. The minimum absolute atomic E-state index is 0.0658. The monoisotopic (exact) mass is 338 g/mol. The van der Waals surface area contributed by atoms with Gasteiger partial charge in [0.25, 0.3) is 5.91 Å². The fraction of sp³-hybridized carbons (Fsp3) is 0.263. The maximum Gasteiger partial charge on any atom is 0.253 e. The van der Waals surface area contributed by atoms with Crippen molar-refractivity contribution in [2.45, 2.75) is 19.4 Å². The van der Waals surface area contributed by atoms with E-state index in [4.69, 9.17) is 9.47 Å². The molecule has 4 rings (SSSR count). The number of hydrogen-bond donors (Lipinski definition) is 1. The topological polar surface area (TPSA) is 67.9 Å². The molecule has 1 fully saturated rings. The minimum atomic E-state index is -0.201. The van der Waals surface area contributed by atoms with Crippen molar-refractivity contribution in [2.24, 2.45) is 0 Å². The minimum Gasteiger partial charge on any atom is -0.454 e. The third-order valence-electron chi connectivity index (χ3n) is 4.40. The highest BCUT2D eigenvalue weighted by molar-refractivity contribution is 6.05. The van der Waals surface area contributed by atoms with Gasteiger partial charge in [-0.15, -0.1) is 0 Å². The molecule has 0 aromatic heterocycles. The van der Waals surface area contributed by atoms with Crippen molar-refractivity contribution < 1.29 is 19.1 Å². The molecule has 0 atom stereocenters. The Labute approximate surface area is 145 Å². The lowest BCUT2D eigenvalue weighted by molar-refractivity contribution is -0.117. The summed E-state index contributed by atoms with van der Waals surface area (Å²) in [5.74, 6) is 1.27. The number of para-hydroxylation sites is 1. The zero-order chi connectivity index (χ0) is 17.2. The second-order valence-corrected chi connectivity index (χ2v) is 6.04. The van der Waals surface area contributed by atoms with Gasteiger partial charge in [-0.3, -0.25) is 9.59 Å². The van der Waals surface area contributed by atoms with Crippen LogP contribution < -0.4 is 19.7 Å². The summed E-state index contributed by atoms with van der Waals surface area (Å²) in [5.41, 5.74) is 2.11. The van der Waals surface area contributed by atoms with Crippen LogP contribution in [0.15, 0.2) is 42.5 Å². The number of benzene rings is 2. The number of rotatable bonds is 4. The first-order chi connectivity index (χ1) is 12.2. The third-order valence-corrected chi connectivity index (χ3v) is 4.40.